The number of halogens is 2. The molecule has 5 unspecified atom stereocenters. The fourth-order valence-electron chi connectivity index (χ4n) is 5.35. The maximum Gasteiger partial charge on any atom is 0.0468 e. The first kappa shape index (κ1) is 14.4. The Morgan fingerprint density at radius 1 is 1.19 bits per heavy atom. The molecule has 3 aliphatic rings. The highest BCUT2D eigenvalue weighted by Gasteiger charge is 2.66. The fourth-order valence-corrected chi connectivity index (χ4v) is 5.87. The summed E-state index contributed by atoms with van der Waals surface area (Å²) in [7, 11) is 0. The molecule has 0 amide bonds. The van der Waals surface area contributed by atoms with Gasteiger partial charge < -0.3 is 5.32 Å². The van der Waals surface area contributed by atoms with Crippen LogP contribution in [0.3, 0.4) is 0 Å². The molecule has 4 rings (SSSR count). The molecule has 2 bridgehead atoms. The first-order valence-corrected chi connectivity index (χ1v) is 9.14. The van der Waals surface area contributed by atoms with Gasteiger partial charge in [0.05, 0.1) is 0 Å². The lowest BCUT2D eigenvalue weighted by atomic mass is 9.92. The SMILES string of the molecule is CCCNC(c1ccc(Cl)cc1Cl)C1C2C3CCC(C3)C21. The summed E-state index contributed by atoms with van der Waals surface area (Å²) in [6.07, 6.45) is 5.60. The van der Waals surface area contributed by atoms with Gasteiger partial charge in [0.15, 0.2) is 0 Å². The molecule has 1 nitrogen and oxygen atoms in total. The summed E-state index contributed by atoms with van der Waals surface area (Å²) in [6, 6.07) is 6.43. The summed E-state index contributed by atoms with van der Waals surface area (Å²) in [5.41, 5.74) is 1.26. The average molecular weight is 324 g/mol. The van der Waals surface area contributed by atoms with E-state index in [0.29, 0.717) is 6.04 Å². The van der Waals surface area contributed by atoms with Crippen LogP contribution in [0.1, 0.15) is 44.2 Å². The quantitative estimate of drug-likeness (QED) is 0.772. The lowest BCUT2D eigenvalue weighted by molar-refractivity contribution is 0.370. The summed E-state index contributed by atoms with van der Waals surface area (Å²) < 4.78 is 0. The molecule has 0 heterocycles. The minimum atomic E-state index is 0.424. The molecule has 3 saturated carbocycles. The van der Waals surface area contributed by atoms with Crippen molar-refractivity contribution in [1.82, 2.24) is 5.32 Å². The molecule has 0 aromatic heterocycles. The van der Waals surface area contributed by atoms with Gasteiger partial charge in [-0.25, -0.2) is 0 Å². The lowest BCUT2D eigenvalue weighted by Crippen LogP contribution is -2.26. The molecule has 3 fully saturated rings. The van der Waals surface area contributed by atoms with Crippen LogP contribution in [0.2, 0.25) is 10.0 Å². The van der Waals surface area contributed by atoms with Gasteiger partial charge in [-0.15, -0.1) is 0 Å². The predicted octanol–water partition coefficient (Wildman–Crippen LogP) is 5.33. The van der Waals surface area contributed by atoms with Crippen LogP contribution in [0.15, 0.2) is 18.2 Å². The minimum Gasteiger partial charge on any atom is -0.310 e. The molecule has 21 heavy (non-hydrogen) atoms. The highest BCUT2D eigenvalue weighted by atomic mass is 35.5. The van der Waals surface area contributed by atoms with Crippen molar-refractivity contribution in [2.75, 3.05) is 6.54 Å². The second kappa shape index (κ2) is 5.44. The number of hydrogen-bond acceptors (Lipinski definition) is 1. The normalized spacial score (nSPS) is 37.6. The van der Waals surface area contributed by atoms with Gasteiger partial charge >= 0.3 is 0 Å². The number of hydrogen-bond donors (Lipinski definition) is 1. The summed E-state index contributed by atoms with van der Waals surface area (Å²) in [5.74, 6) is 4.74. The van der Waals surface area contributed by atoms with E-state index in [1.54, 1.807) is 0 Å². The Hall–Kier alpha value is -0.240. The highest BCUT2D eigenvalue weighted by Crippen LogP contribution is 2.72. The van der Waals surface area contributed by atoms with Crippen molar-refractivity contribution in [3.63, 3.8) is 0 Å². The van der Waals surface area contributed by atoms with E-state index in [-0.39, 0.29) is 0 Å². The third-order valence-electron chi connectivity index (χ3n) is 6.09. The third kappa shape index (κ3) is 2.33. The van der Waals surface area contributed by atoms with Crippen LogP contribution in [0.5, 0.6) is 0 Å². The molecular weight excluding hydrogens is 301 g/mol. The van der Waals surface area contributed by atoms with E-state index in [4.69, 9.17) is 23.2 Å². The van der Waals surface area contributed by atoms with E-state index >= 15 is 0 Å². The smallest absolute Gasteiger partial charge is 0.0468 e. The highest BCUT2D eigenvalue weighted by molar-refractivity contribution is 6.35. The maximum absolute atomic E-state index is 6.50. The summed E-state index contributed by atoms with van der Waals surface area (Å²) >= 11 is 12.6. The Morgan fingerprint density at radius 2 is 1.90 bits per heavy atom. The van der Waals surface area contributed by atoms with Crippen molar-refractivity contribution in [3.05, 3.63) is 33.8 Å². The minimum absolute atomic E-state index is 0.424. The second-order valence-electron chi connectivity index (χ2n) is 7.16. The van der Waals surface area contributed by atoms with E-state index in [2.05, 4.69) is 18.3 Å². The maximum atomic E-state index is 6.50. The standard InChI is InChI=1S/C18H23Cl2N/c1-2-7-21-18(13-6-5-12(19)9-14(13)20)17-15-10-3-4-11(8-10)16(15)17/h5-6,9-11,15-18,21H,2-4,7-8H2,1H3. The van der Waals surface area contributed by atoms with Crippen molar-refractivity contribution < 1.29 is 0 Å². The molecule has 1 aromatic rings. The zero-order chi connectivity index (χ0) is 14.6. The molecule has 5 atom stereocenters. The van der Waals surface area contributed by atoms with E-state index < -0.39 is 0 Å². The van der Waals surface area contributed by atoms with E-state index in [1.165, 1.54) is 24.8 Å². The molecule has 1 aromatic carbocycles. The van der Waals surface area contributed by atoms with Gasteiger partial charge in [-0.05, 0) is 79.5 Å². The van der Waals surface area contributed by atoms with Crippen LogP contribution < -0.4 is 5.32 Å². The van der Waals surface area contributed by atoms with Gasteiger partial charge in [0.25, 0.3) is 0 Å². The molecule has 3 heteroatoms. The van der Waals surface area contributed by atoms with Crippen molar-refractivity contribution in [3.8, 4) is 0 Å². The van der Waals surface area contributed by atoms with Crippen LogP contribution in [0.4, 0.5) is 0 Å². The Bertz CT molecular complexity index is 528. The van der Waals surface area contributed by atoms with Gasteiger partial charge in [-0.2, -0.15) is 0 Å². The monoisotopic (exact) mass is 323 g/mol. The molecule has 1 N–H and O–H groups in total. The van der Waals surface area contributed by atoms with Crippen molar-refractivity contribution >= 4 is 23.2 Å². The molecule has 3 aliphatic carbocycles. The zero-order valence-corrected chi connectivity index (χ0v) is 14.0. The Kier molecular flexibility index (Phi) is 3.72. The number of benzene rings is 1. The van der Waals surface area contributed by atoms with Crippen molar-refractivity contribution in [1.29, 1.82) is 0 Å². The molecule has 0 saturated heterocycles. The van der Waals surface area contributed by atoms with E-state index in [9.17, 15) is 0 Å². The molecule has 114 valence electrons. The number of nitrogens with one attached hydrogen (secondary N) is 1. The fraction of sp³-hybridized carbons (Fsp3) is 0.667. The summed E-state index contributed by atoms with van der Waals surface area (Å²) in [6.45, 7) is 3.29. The van der Waals surface area contributed by atoms with Gasteiger partial charge in [0.1, 0.15) is 0 Å². The Balaban J connectivity index is 1.60. The molecule has 0 radical (unpaired) electrons. The van der Waals surface area contributed by atoms with Gasteiger partial charge in [-0.3, -0.25) is 0 Å². The molecular formula is C18H23Cl2N. The van der Waals surface area contributed by atoms with Crippen molar-refractivity contribution in [2.24, 2.45) is 29.6 Å². The van der Waals surface area contributed by atoms with Crippen molar-refractivity contribution in [2.45, 2.75) is 38.6 Å². The number of rotatable bonds is 5. The molecule has 0 aliphatic heterocycles. The second-order valence-corrected chi connectivity index (χ2v) is 8.01. The Morgan fingerprint density at radius 3 is 2.52 bits per heavy atom. The largest absolute Gasteiger partial charge is 0.310 e. The first-order valence-electron chi connectivity index (χ1n) is 8.39. The van der Waals surface area contributed by atoms with Gasteiger partial charge in [0, 0.05) is 16.1 Å². The lowest BCUT2D eigenvalue weighted by Gasteiger charge is -2.23. The predicted molar refractivity (Wildman–Crippen MR) is 88.8 cm³/mol. The van der Waals surface area contributed by atoms with E-state index in [0.717, 1.165) is 52.6 Å². The zero-order valence-electron chi connectivity index (χ0n) is 12.5. The van der Waals surface area contributed by atoms with Crippen LogP contribution >= 0.6 is 23.2 Å². The third-order valence-corrected chi connectivity index (χ3v) is 6.65. The van der Waals surface area contributed by atoms with E-state index in [1.807, 2.05) is 12.1 Å². The Labute approximate surface area is 137 Å². The molecule has 0 spiro atoms. The topological polar surface area (TPSA) is 12.0 Å². The van der Waals surface area contributed by atoms with Gasteiger partial charge in [-0.1, -0.05) is 36.2 Å². The number of fused-ring (bicyclic) bond motifs is 5. The first-order chi connectivity index (χ1) is 10.2. The van der Waals surface area contributed by atoms with Crippen LogP contribution in [-0.4, -0.2) is 6.54 Å². The average Bonchev–Trinajstić information content (AvgIpc) is 2.88. The summed E-state index contributed by atoms with van der Waals surface area (Å²) in [5, 5.41) is 5.34. The summed E-state index contributed by atoms with van der Waals surface area (Å²) in [4.78, 5) is 0. The van der Waals surface area contributed by atoms with Gasteiger partial charge in [0.2, 0.25) is 0 Å². The van der Waals surface area contributed by atoms with Crippen LogP contribution in [0.25, 0.3) is 0 Å². The van der Waals surface area contributed by atoms with Crippen LogP contribution in [-0.2, 0) is 0 Å². The van der Waals surface area contributed by atoms with Crippen LogP contribution in [0, 0.1) is 29.6 Å².